The van der Waals surface area contributed by atoms with Crippen LogP contribution in [0.1, 0.15) is 32.6 Å². The molecule has 2 heterocycles. The lowest BCUT2D eigenvalue weighted by Crippen LogP contribution is -2.42. The second kappa shape index (κ2) is 10.5. The zero-order valence-corrected chi connectivity index (χ0v) is 16.8. The highest BCUT2D eigenvalue weighted by Gasteiger charge is 2.24. The molecule has 2 amide bonds. The second-order valence-electron chi connectivity index (χ2n) is 7.07. The Labute approximate surface area is 167 Å². The maximum absolute atomic E-state index is 12.4. The lowest BCUT2D eigenvalue weighted by molar-refractivity contribution is -0.134. The summed E-state index contributed by atoms with van der Waals surface area (Å²) in [6.07, 6.45) is 3.59. The van der Waals surface area contributed by atoms with Gasteiger partial charge in [0.1, 0.15) is 5.75 Å². The number of rotatable bonds is 7. The van der Waals surface area contributed by atoms with E-state index in [0.717, 1.165) is 57.7 Å². The van der Waals surface area contributed by atoms with Crippen LogP contribution in [0.25, 0.3) is 0 Å². The van der Waals surface area contributed by atoms with Crippen molar-refractivity contribution in [2.75, 3.05) is 44.2 Å². The summed E-state index contributed by atoms with van der Waals surface area (Å²) in [5.41, 5.74) is 0.849. The maximum Gasteiger partial charge on any atom is 0.260 e. The molecule has 1 aromatic rings. The van der Waals surface area contributed by atoms with Crippen LogP contribution in [-0.2, 0) is 9.59 Å². The number of hydrogen-bond acceptors (Lipinski definition) is 4. The first-order valence-electron chi connectivity index (χ1n) is 9.69. The minimum absolute atomic E-state index is 0. The fourth-order valence-electron chi connectivity index (χ4n) is 3.63. The second-order valence-corrected chi connectivity index (χ2v) is 7.07. The summed E-state index contributed by atoms with van der Waals surface area (Å²) in [5.74, 6) is 1.49. The fraction of sp³-hybridized carbons (Fsp3) is 0.600. The van der Waals surface area contributed by atoms with Crippen molar-refractivity contribution in [1.82, 2.24) is 10.2 Å². The number of ether oxygens (including phenoxy) is 1. The number of anilines is 1. The van der Waals surface area contributed by atoms with Crippen molar-refractivity contribution < 1.29 is 14.3 Å². The van der Waals surface area contributed by atoms with Crippen LogP contribution in [0.2, 0.25) is 0 Å². The van der Waals surface area contributed by atoms with Crippen LogP contribution in [0.15, 0.2) is 24.3 Å². The predicted molar refractivity (Wildman–Crippen MR) is 109 cm³/mol. The third-order valence-corrected chi connectivity index (χ3v) is 5.22. The van der Waals surface area contributed by atoms with Crippen LogP contribution in [0.3, 0.4) is 0 Å². The molecule has 0 aromatic heterocycles. The number of piperidine rings is 1. The Morgan fingerprint density at radius 3 is 2.70 bits per heavy atom. The summed E-state index contributed by atoms with van der Waals surface area (Å²) in [4.78, 5) is 28.0. The SMILES string of the molecule is CCNCC1CCN(C(=O)COc2cccc(N3CCCC3=O)c2)CC1.Cl. The van der Waals surface area contributed by atoms with Crippen molar-refractivity contribution in [3.05, 3.63) is 24.3 Å². The average Bonchev–Trinajstić information content (AvgIpc) is 3.11. The molecule has 0 saturated carbocycles. The fourth-order valence-corrected chi connectivity index (χ4v) is 3.63. The number of benzene rings is 1. The standard InChI is InChI=1S/C20H29N3O3.ClH/c1-2-21-14-16-8-11-22(12-9-16)20(25)15-26-18-6-3-5-17(13-18)23-10-4-7-19(23)24;/h3,5-6,13,16,21H,2,4,7-12,14-15H2,1H3;1H. The van der Waals surface area contributed by atoms with E-state index < -0.39 is 0 Å². The highest BCUT2D eigenvalue weighted by Crippen LogP contribution is 2.25. The molecule has 2 aliphatic rings. The third kappa shape index (κ3) is 5.84. The topological polar surface area (TPSA) is 61.9 Å². The van der Waals surface area contributed by atoms with Gasteiger partial charge in [-0.25, -0.2) is 0 Å². The van der Waals surface area contributed by atoms with Gasteiger partial charge in [0, 0.05) is 37.8 Å². The summed E-state index contributed by atoms with van der Waals surface area (Å²) in [7, 11) is 0. The van der Waals surface area contributed by atoms with Gasteiger partial charge in [-0.3, -0.25) is 9.59 Å². The van der Waals surface area contributed by atoms with Crippen LogP contribution in [0.4, 0.5) is 5.69 Å². The van der Waals surface area contributed by atoms with E-state index in [1.807, 2.05) is 29.2 Å². The minimum Gasteiger partial charge on any atom is -0.484 e. The lowest BCUT2D eigenvalue weighted by Gasteiger charge is -2.32. The Bertz CT molecular complexity index is 633. The van der Waals surface area contributed by atoms with E-state index in [0.29, 0.717) is 18.1 Å². The number of carbonyl (C=O) groups excluding carboxylic acids is 2. The van der Waals surface area contributed by atoms with Gasteiger partial charge in [-0.05, 0) is 50.4 Å². The molecule has 1 N–H and O–H groups in total. The zero-order valence-electron chi connectivity index (χ0n) is 16.0. The summed E-state index contributed by atoms with van der Waals surface area (Å²) < 4.78 is 5.71. The molecule has 0 radical (unpaired) electrons. The van der Waals surface area contributed by atoms with Gasteiger partial charge in [0.15, 0.2) is 6.61 Å². The van der Waals surface area contributed by atoms with Crippen LogP contribution in [0.5, 0.6) is 5.75 Å². The van der Waals surface area contributed by atoms with E-state index in [9.17, 15) is 9.59 Å². The van der Waals surface area contributed by atoms with Crippen molar-refractivity contribution in [1.29, 1.82) is 0 Å². The van der Waals surface area contributed by atoms with E-state index in [1.54, 1.807) is 4.90 Å². The molecular weight excluding hydrogens is 366 g/mol. The molecule has 0 atom stereocenters. The quantitative estimate of drug-likeness (QED) is 0.770. The number of halogens is 1. The molecule has 27 heavy (non-hydrogen) atoms. The van der Waals surface area contributed by atoms with Crippen molar-refractivity contribution in [2.24, 2.45) is 5.92 Å². The molecule has 0 aliphatic carbocycles. The van der Waals surface area contributed by atoms with Crippen molar-refractivity contribution in [3.8, 4) is 5.75 Å². The Hall–Kier alpha value is -1.79. The molecule has 3 rings (SSSR count). The largest absolute Gasteiger partial charge is 0.484 e. The Morgan fingerprint density at radius 1 is 1.26 bits per heavy atom. The molecule has 2 fully saturated rings. The average molecular weight is 396 g/mol. The van der Waals surface area contributed by atoms with Crippen LogP contribution >= 0.6 is 12.4 Å². The Balaban J connectivity index is 0.00000261. The smallest absolute Gasteiger partial charge is 0.260 e. The van der Waals surface area contributed by atoms with Crippen molar-refractivity contribution in [2.45, 2.75) is 32.6 Å². The van der Waals surface area contributed by atoms with Gasteiger partial charge >= 0.3 is 0 Å². The van der Waals surface area contributed by atoms with Gasteiger partial charge in [-0.2, -0.15) is 0 Å². The zero-order chi connectivity index (χ0) is 18.4. The predicted octanol–water partition coefficient (Wildman–Crippen LogP) is 2.46. The molecule has 6 nitrogen and oxygen atoms in total. The normalized spacial score (nSPS) is 17.7. The molecule has 0 unspecified atom stereocenters. The van der Waals surface area contributed by atoms with Crippen LogP contribution in [-0.4, -0.2) is 56.0 Å². The van der Waals surface area contributed by atoms with Crippen LogP contribution in [0, 0.1) is 5.92 Å². The van der Waals surface area contributed by atoms with E-state index >= 15 is 0 Å². The van der Waals surface area contributed by atoms with Crippen LogP contribution < -0.4 is 15.0 Å². The highest BCUT2D eigenvalue weighted by atomic mass is 35.5. The number of carbonyl (C=O) groups is 2. The summed E-state index contributed by atoms with van der Waals surface area (Å²) in [5, 5.41) is 3.38. The lowest BCUT2D eigenvalue weighted by atomic mass is 9.97. The number of amides is 2. The highest BCUT2D eigenvalue weighted by molar-refractivity contribution is 5.95. The Kier molecular flexibility index (Phi) is 8.38. The number of nitrogens with zero attached hydrogens (tertiary/aromatic N) is 2. The Morgan fingerprint density at radius 2 is 2.04 bits per heavy atom. The van der Waals surface area contributed by atoms with Gasteiger partial charge in [0.25, 0.3) is 5.91 Å². The maximum atomic E-state index is 12.4. The number of likely N-dealkylation sites (tertiary alicyclic amines) is 1. The summed E-state index contributed by atoms with van der Waals surface area (Å²) in [6.45, 7) is 6.57. The first-order valence-corrected chi connectivity index (χ1v) is 9.69. The molecule has 0 spiro atoms. The van der Waals surface area contributed by atoms with E-state index in [-0.39, 0.29) is 30.8 Å². The molecule has 2 saturated heterocycles. The first-order chi connectivity index (χ1) is 12.7. The first kappa shape index (κ1) is 21.5. The third-order valence-electron chi connectivity index (χ3n) is 5.22. The summed E-state index contributed by atoms with van der Waals surface area (Å²) in [6, 6.07) is 7.46. The van der Waals surface area contributed by atoms with Gasteiger partial charge < -0.3 is 19.9 Å². The van der Waals surface area contributed by atoms with Gasteiger partial charge in [-0.15, -0.1) is 12.4 Å². The van der Waals surface area contributed by atoms with E-state index in [4.69, 9.17) is 4.74 Å². The van der Waals surface area contributed by atoms with Crippen molar-refractivity contribution >= 4 is 29.9 Å². The van der Waals surface area contributed by atoms with Gasteiger partial charge in [0.05, 0.1) is 0 Å². The van der Waals surface area contributed by atoms with Gasteiger partial charge in [0.2, 0.25) is 5.91 Å². The summed E-state index contributed by atoms with van der Waals surface area (Å²) >= 11 is 0. The molecule has 1 aromatic carbocycles. The van der Waals surface area contributed by atoms with Gasteiger partial charge in [-0.1, -0.05) is 13.0 Å². The molecular formula is C20H30ClN3O3. The number of hydrogen-bond donors (Lipinski definition) is 1. The minimum atomic E-state index is 0. The molecule has 7 heteroatoms. The molecule has 150 valence electrons. The monoisotopic (exact) mass is 395 g/mol. The van der Waals surface area contributed by atoms with E-state index in [2.05, 4.69) is 12.2 Å². The number of nitrogens with one attached hydrogen (secondary N) is 1. The van der Waals surface area contributed by atoms with Crippen molar-refractivity contribution in [3.63, 3.8) is 0 Å². The molecule has 0 bridgehead atoms. The van der Waals surface area contributed by atoms with E-state index in [1.165, 1.54) is 0 Å². The molecule has 2 aliphatic heterocycles.